The number of aliphatic hydroxyl groups is 1. The molecule has 1 fully saturated rings. The minimum Gasteiger partial charge on any atom is -0.393 e. The lowest BCUT2D eigenvalue weighted by molar-refractivity contribution is 0.0698. The summed E-state index contributed by atoms with van der Waals surface area (Å²) in [6.07, 6.45) is 2.09. The molecule has 17 heavy (non-hydrogen) atoms. The number of rotatable bonds is 3. The van der Waals surface area contributed by atoms with Crippen LogP contribution >= 0.6 is 11.3 Å². The topological polar surface area (TPSA) is 36.4 Å². The predicted molar refractivity (Wildman–Crippen MR) is 71.3 cm³/mol. The molecule has 4 heteroatoms. The second kappa shape index (κ2) is 5.46. The highest BCUT2D eigenvalue weighted by Gasteiger charge is 2.23. The first-order chi connectivity index (χ1) is 8.06. The Hall–Kier alpha value is -0.450. The van der Waals surface area contributed by atoms with E-state index in [0.717, 1.165) is 37.5 Å². The molecule has 2 rings (SSSR count). The van der Waals surface area contributed by atoms with Crippen LogP contribution in [-0.4, -0.2) is 34.2 Å². The van der Waals surface area contributed by atoms with Gasteiger partial charge >= 0.3 is 0 Å². The minimum absolute atomic E-state index is 0.149. The summed E-state index contributed by atoms with van der Waals surface area (Å²) in [5.74, 6) is 0.496. The summed E-state index contributed by atoms with van der Waals surface area (Å²) in [6, 6.07) is 0. The van der Waals surface area contributed by atoms with Crippen LogP contribution in [0.25, 0.3) is 0 Å². The molecule has 1 aromatic rings. The van der Waals surface area contributed by atoms with E-state index in [1.807, 2.05) is 18.3 Å². The van der Waals surface area contributed by atoms with Gasteiger partial charge in [-0.15, -0.1) is 11.3 Å². The van der Waals surface area contributed by atoms with E-state index in [1.165, 1.54) is 10.6 Å². The number of likely N-dealkylation sites (tertiary alicyclic amines) is 1. The van der Waals surface area contributed by atoms with E-state index in [1.54, 1.807) is 0 Å². The normalized spacial score (nSPS) is 20.7. The van der Waals surface area contributed by atoms with E-state index in [9.17, 15) is 5.11 Å². The number of piperidine rings is 1. The van der Waals surface area contributed by atoms with Gasteiger partial charge in [-0.2, -0.15) is 0 Å². The molecule has 1 aliphatic rings. The lowest BCUT2D eigenvalue weighted by Crippen LogP contribution is -2.36. The number of nitrogens with zero attached hydrogens (tertiary/aromatic N) is 2. The Bertz CT molecular complexity index is 367. The quantitative estimate of drug-likeness (QED) is 0.899. The number of hydrogen-bond acceptors (Lipinski definition) is 4. The fourth-order valence-electron chi connectivity index (χ4n) is 2.52. The molecule has 1 atom stereocenters. The summed E-state index contributed by atoms with van der Waals surface area (Å²) < 4.78 is 0. The molecule has 0 aromatic carbocycles. The van der Waals surface area contributed by atoms with Crippen molar-refractivity contribution in [1.82, 2.24) is 9.88 Å². The molecule has 0 radical (unpaired) electrons. The molecule has 2 heterocycles. The number of aryl methyl sites for hydroxylation is 2. The first-order valence-electron chi connectivity index (χ1n) is 6.39. The maximum Gasteiger partial charge on any atom is 0.0900 e. The van der Waals surface area contributed by atoms with Crippen molar-refractivity contribution in [2.75, 3.05) is 13.1 Å². The number of thiazole rings is 1. The minimum atomic E-state index is -0.149. The van der Waals surface area contributed by atoms with Gasteiger partial charge in [0.2, 0.25) is 0 Å². The molecule has 1 saturated heterocycles. The molecular weight excluding hydrogens is 232 g/mol. The van der Waals surface area contributed by atoms with Crippen molar-refractivity contribution in [2.24, 2.45) is 5.92 Å². The molecular formula is C13H22N2OS. The second-order valence-electron chi connectivity index (χ2n) is 5.10. The van der Waals surface area contributed by atoms with Crippen LogP contribution in [-0.2, 0) is 6.54 Å². The summed E-state index contributed by atoms with van der Waals surface area (Å²) in [7, 11) is 0. The molecule has 96 valence electrons. The Labute approximate surface area is 107 Å². The molecule has 1 aromatic heterocycles. The van der Waals surface area contributed by atoms with Crippen LogP contribution in [0.1, 0.15) is 35.3 Å². The van der Waals surface area contributed by atoms with Gasteiger partial charge in [-0.1, -0.05) is 0 Å². The smallest absolute Gasteiger partial charge is 0.0900 e. The predicted octanol–water partition coefficient (Wildman–Crippen LogP) is 2.35. The molecule has 0 aliphatic carbocycles. The van der Waals surface area contributed by atoms with Crippen LogP contribution in [0.15, 0.2) is 0 Å². The first-order valence-corrected chi connectivity index (χ1v) is 7.21. The highest BCUT2D eigenvalue weighted by atomic mass is 32.1. The number of aliphatic hydroxyl groups excluding tert-OH is 1. The van der Waals surface area contributed by atoms with Gasteiger partial charge in [0.05, 0.1) is 16.8 Å². The Kier molecular flexibility index (Phi) is 4.17. The molecule has 0 saturated carbocycles. The zero-order valence-electron chi connectivity index (χ0n) is 10.9. The van der Waals surface area contributed by atoms with Gasteiger partial charge in [-0.25, -0.2) is 4.98 Å². The van der Waals surface area contributed by atoms with Crippen molar-refractivity contribution in [3.63, 3.8) is 0 Å². The number of hydrogen-bond donors (Lipinski definition) is 1. The van der Waals surface area contributed by atoms with E-state index in [4.69, 9.17) is 0 Å². The Balaban J connectivity index is 1.88. The fraction of sp³-hybridized carbons (Fsp3) is 0.769. The molecule has 1 N–H and O–H groups in total. The van der Waals surface area contributed by atoms with E-state index in [0.29, 0.717) is 5.92 Å². The Morgan fingerprint density at radius 1 is 1.41 bits per heavy atom. The first kappa shape index (κ1) is 13.0. The van der Waals surface area contributed by atoms with Gasteiger partial charge in [0.25, 0.3) is 0 Å². The van der Waals surface area contributed by atoms with Crippen LogP contribution in [0.2, 0.25) is 0 Å². The van der Waals surface area contributed by atoms with Gasteiger partial charge < -0.3 is 5.11 Å². The monoisotopic (exact) mass is 254 g/mol. The SMILES string of the molecule is Cc1nc(C)c(CN2CCC(C(C)O)CC2)s1. The molecule has 3 nitrogen and oxygen atoms in total. The number of aromatic nitrogens is 1. The van der Waals surface area contributed by atoms with Crippen LogP contribution in [0.4, 0.5) is 0 Å². The second-order valence-corrected chi connectivity index (χ2v) is 6.38. The fourth-order valence-corrected chi connectivity index (χ4v) is 3.50. The highest BCUT2D eigenvalue weighted by Crippen LogP contribution is 2.24. The average Bonchev–Trinajstić information content (AvgIpc) is 2.58. The summed E-state index contributed by atoms with van der Waals surface area (Å²) in [4.78, 5) is 8.36. The van der Waals surface area contributed by atoms with Crippen LogP contribution in [0, 0.1) is 19.8 Å². The summed E-state index contributed by atoms with van der Waals surface area (Å²) in [5.41, 5.74) is 1.19. The molecule has 1 unspecified atom stereocenters. The van der Waals surface area contributed by atoms with Gasteiger partial charge in [0, 0.05) is 11.4 Å². The van der Waals surface area contributed by atoms with E-state index in [2.05, 4.69) is 23.7 Å². The third-order valence-electron chi connectivity index (χ3n) is 3.68. The van der Waals surface area contributed by atoms with Crippen molar-refractivity contribution in [1.29, 1.82) is 0 Å². The third kappa shape index (κ3) is 3.27. The van der Waals surface area contributed by atoms with E-state index in [-0.39, 0.29) is 6.10 Å². The van der Waals surface area contributed by atoms with E-state index < -0.39 is 0 Å². The third-order valence-corrected chi connectivity index (χ3v) is 4.74. The summed E-state index contributed by atoms with van der Waals surface area (Å²) >= 11 is 1.81. The van der Waals surface area contributed by atoms with Gasteiger partial charge in [-0.05, 0) is 52.6 Å². The molecule has 0 amide bonds. The lowest BCUT2D eigenvalue weighted by atomic mass is 9.92. The highest BCUT2D eigenvalue weighted by molar-refractivity contribution is 7.11. The lowest BCUT2D eigenvalue weighted by Gasteiger charge is -2.32. The largest absolute Gasteiger partial charge is 0.393 e. The van der Waals surface area contributed by atoms with Gasteiger partial charge in [0.15, 0.2) is 0 Å². The van der Waals surface area contributed by atoms with E-state index >= 15 is 0 Å². The Morgan fingerprint density at radius 3 is 2.53 bits per heavy atom. The molecule has 0 spiro atoms. The maximum absolute atomic E-state index is 9.57. The van der Waals surface area contributed by atoms with Crippen molar-refractivity contribution in [3.05, 3.63) is 15.6 Å². The zero-order chi connectivity index (χ0) is 12.4. The standard InChI is InChI=1S/C13H22N2OS/c1-9-13(17-11(3)14-9)8-15-6-4-12(5-7-15)10(2)16/h10,12,16H,4-8H2,1-3H3. The van der Waals surface area contributed by atoms with Crippen molar-refractivity contribution in [2.45, 2.75) is 46.3 Å². The van der Waals surface area contributed by atoms with Crippen LogP contribution < -0.4 is 0 Å². The van der Waals surface area contributed by atoms with Crippen molar-refractivity contribution >= 4 is 11.3 Å². The Morgan fingerprint density at radius 2 is 2.06 bits per heavy atom. The van der Waals surface area contributed by atoms with Crippen molar-refractivity contribution < 1.29 is 5.11 Å². The van der Waals surface area contributed by atoms with Gasteiger partial charge in [-0.3, -0.25) is 4.90 Å². The maximum atomic E-state index is 9.57. The molecule has 1 aliphatic heterocycles. The molecule has 0 bridgehead atoms. The van der Waals surface area contributed by atoms with Crippen LogP contribution in [0.5, 0.6) is 0 Å². The summed E-state index contributed by atoms with van der Waals surface area (Å²) in [6.45, 7) is 9.32. The zero-order valence-corrected chi connectivity index (χ0v) is 11.8. The van der Waals surface area contributed by atoms with Crippen molar-refractivity contribution in [3.8, 4) is 0 Å². The summed E-state index contributed by atoms with van der Waals surface area (Å²) in [5, 5.41) is 10.7. The van der Waals surface area contributed by atoms with Crippen LogP contribution in [0.3, 0.4) is 0 Å². The van der Waals surface area contributed by atoms with Gasteiger partial charge in [0.1, 0.15) is 0 Å². The average molecular weight is 254 g/mol.